The number of rotatable bonds is 3. The van der Waals surface area contributed by atoms with Crippen LogP contribution in [-0.4, -0.2) is 36.7 Å². The molecule has 6 nitrogen and oxygen atoms in total. The average molecular weight is 257 g/mol. The largest absolute Gasteiger partial charge is 0.444 e. The van der Waals surface area contributed by atoms with Crippen LogP contribution in [0.2, 0.25) is 0 Å². The molecule has 0 aromatic heterocycles. The van der Waals surface area contributed by atoms with E-state index in [4.69, 9.17) is 10.5 Å². The minimum absolute atomic E-state index is 0.234. The van der Waals surface area contributed by atoms with Crippen LogP contribution in [0.15, 0.2) is 0 Å². The van der Waals surface area contributed by atoms with Crippen LogP contribution < -0.4 is 16.4 Å². The predicted molar refractivity (Wildman–Crippen MR) is 67.9 cm³/mol. The van der Waals surface area contributed by atoms with Crippen molar-refractivity contribution in [2.75, 3.05) is 13.1 Å². The molecular weight excluding hydrogens is 234 g/mol. The molecular formula is C12H23N3O3. The fourth-order valence-corrected chi connectivity index (χ4v) is 1.87. The van der Waals surface area contributed by atoms with E-state index in [1.807, 2.05) is 20.8 Å². The van der Waals surface area contributed by atoms with E-state index in [0.29, 0.717) is 19.0 Å². The molecule has 1 saturated heterocycles. The van der Waals surface area contributed by atoms with Gasteiger partial charge in [0, 0.05) is 13.1 Å². The highest BCUT2D eigenvalue weighted by Gasteiger charge is 2.24. The number of alkyl carbamates (subject to hydrolysis) is 1. The second-order valence-electron chi connectivity index (χ2n) is 5.69. The van der Waals surface area contributed by atoms with Crippen molar-refractivity contribution in [2.24, 2.45) is 11.7 Å². The van der Waals surface area contributed by atoms with Gasteiger partial charge in [0.25, 0.3) is 0 Å². The Kier molecular flexibility index (Phi) is 4.95. The number of piperidine rings is 1. The molecule has 0 unspecified atom stereocenters. The van der Waals surface area contributed by atoms with Gasteiger partial charge in [0.15, 0.2) is 0 Å². The lowest BCUT2D eigenvalue weighted by atomic mass is 9.94. The van der Waals surface area contributed by atoms with Crippen molar-refractivity contribution in [3.05, 3.63) is 0 Å². The number of amides is 2. The standard InChI is InChI=1S/C12H23N3O3/c1-12(2,3)18-11(17)15-7-8-4-5-9(10(13)16)14-6-8/h8-9,14H,4-7H2,1-3H3,(H2,13,16)(H,15,17)/t8-,9-/m0/s1. The van der Waals surface area contributed by atoms with E-state index in [-0.39, 0.29) is 11.9 Å². The van der Waals surface area contributed by atoms with Gasteiger partial charge in [-0.2, -0.15) is 0 Å². The van der Waals surface area contributed by atoms with Gasteiger partial charge >= 0.3 is 6.09 Å². The van der Waals surface area contributed by atoms with Gasteiger partial charge in [-0.15, -0.1) is 0 Å². The topological polar surface area (TPSA) is 93.4 Å². The summed E-state index contributed by atoms with van der Waals surface area (Å²) in [6.07, 6.45) is 1.19. The number of primary amides is 1. The van der Waals surface area contributed by atoms with Crippen LogP contribution in [-0.2, 0) is 9.53 Å². The van der Waals surface area contributed by atoms with Crippen LogP contribution in [0.3, 0.4) is 0 Å². The Balaban J connectivity index is 2.22. The maximum Gasteiger partial charge on any atom is 0.407 e. The molecule has 0 spiro atoms. The van der Waals surface area contributed by atoms with Gasteiger partial charge in [-0.1, -0.05) is 0 Å². The number of carbonyl (C=O) groups is 2. The molecule has 18 heavy (non-hydrogen) atoms. The lowest BCUT2D eigenvalue weighted by molar-refractivity contribution is -0.120. The molecule has 0 bridgehead atoms. The first kappa shape index (κ1) is 14.8. The van der Waals surface area contributed by atoms with E-state index in [1.54, 1.807) is 0 Å². The van der Waals surface area contributed by atoms with Crippen molar-refractivity contribution in [1.29, 1.82) is 0 Å². The molecule has 1 heterocycles. The van der Waals surface area contributed by atoms with Crippen LogP contribution >= 0.6 is 0 Å². The summed E-state index contributed by atoms with van der Waals surface area (Å²) in [5.74, 6) is 0.00155. The van der Waals surface area contributed by atoms with E-state index in [1.165, 1.54) is 0 Å². The zero-order valence-electron chi connectivity index (χ0n) is 11.3. The van der Waals surface area contributed by atoms with E-state index in [2.05, 4.69) is 10.6 Å². The zero-order valence-corrected chi connectivity index (χ0v) is 11.3. The van der Waals surface area contributed by atoms with Gasteiger partial charge in [0.2, 0.25) is 5.91 Å². The van der Waals surface area contributed by atoms with Gasteiger partial charge in [-0.3, -0.25) is 4.79 Å². The van der Waals surface area contributed by atoms with Crippen molar-refractivity contribution >= 4 is 12.0 Å². The summed E-state index contributed by atoms with van der Waals surface area (Å²) in [6, 6.07) is -0.234. The summed E-state index contributed by atoms with van der Waals surface area (Å²) in [5, 5.41) is 5.81. The molecule has 0 aliphatic carbocycles. The maximum absolute atomic E-state index is 11.4. The molecule has 1 rings (SSSR count). The molecule has 0 aromatic rings. The minimum atomic E-state index is -0.480. The Morgan fingerprint density at radius 1 is 1.39 bits per heavy atom. The van der Waals surface area contributed by atoms with Crippen LogP contribution in [0.5, 0.6) is 0 Å². The Hall–Kier alpha value is -1.30. The number of hydrogen-bond acceptors (Lipinski definition) is 4. The lowest BCUT2D eigenvalue weighted by Crippen LogP contribution is -2.49. The van der Waals surface area contributed by atoms with E-state index in [9.17, 15) is 9.59 Å². The van der Waals surface area contributed by atoms with Crippen LogP contribution in [0, 0.1) is 5.92 Å². The Labute approximate surface area is 108 Å². The summed E-state index contributed by atoms with van der Waals surface area (Å²) in [5.41, 5.74) is 4.73. The normalized spacial score (nSPS) is 24.4. The smallest absolute Gasteiger partial charge is 0.407 e. The average Bonchev–Trinajstić information content (AvgIpc) is 2.24. The summed E-state index contributed by atoms with van der Waals surface area (Å²) in [6.45, 7) is 6.71. The predicted octanol–water partition coefficient (Wildman–Crippen LogP) is 0.365. The molecule has 0 saturated carbocycles. The monoisotopic (exact) mass is 257 g/mol. The summed E-state index contributed by atoms with van der Waals surface area (Å²) in [7, 11) is 0. The molecule has 104 valence electrons. The Morgan fingerprint density at radius 3 is 2.50 bits per heavy atom. The van der Waals surface area contributed by atoms with E-state index in [0.717, 1.165) is 12.8 Å². The third-order valence-electron chi connectivity index (χ3n) is 2.79. The van der Waals surface area contributed by atoms with Gasteiger partial charge < -0.3 is 21.1 Å². The molecule has 6 heteroatoms. The molecule has 0 aromatic carbocycles. The first-order chi connectivity index (χ1) is 8.28. The highest BCUT2D eigenvalue weighted by molar-refractivity contribution is 5.79. The Morgan fingerprint density at radius 2 is 2.06 bits per heavy atom. The van der Waals surface area contributed by atoms with Gasteiger partial charge in [-0.05, 0) is 39.5 Å². The third-order valence-corrected chi connectivity index (χ3v) is 2.79. The molecule has 2 atom stereocenters. The van der Waals surface area contributed by atoms with Crippen molar-refractivity contribution < 1.29 is 14.3 Å². The number of ether oxygens (including phenoxy) is 1. The second kappa shape index (κ2) is 6.04. The van der Waals surface area contributed by atoms with E-state index < -0.39 is 11.7 Å². The maximum atomic E-state index is 11.4. The first-order valence-corrected chi connectivity index (χ1v) is 6.27. The summed E-state index contributed by atoms with van der Waals surface area (Å²) >= 11 is 0. The van der Waals surface area contributed by atoms with Gasteiger partial charge in [0.05, 0.1) is 6.04 Å². The van der Waals surface area contributed by atoms with Crippen molar-refractivity contribution in [1.82, 2.24) is 10.6 Å². The quantitative estimate of drug-likeness (QED) is 0.680. The number of hydrogen-bond donors (Lipinski definition) is 3. The number of carbonyl (C=O) groups excluding carboxylic acids is 2. The molecule has 1 aliphatic heterocycles. The number of nitrogens with two attached hydrogens (primary N) is 1. The second-order valence-corrected chi connectivity index (χ2v) is 5.69. The molecule has 1 aliphatic rings. The molecule has 2 amide bonds. The van der Waals surface area contributed by atoms with Crippen molar-refractivity contribution in [2.45, 2.75) is 45.3 Å². The van der Waals surface area contributed by atoms with Gasteiger partial charge in [-0.25, -0.2) is 4.79 Å². The molecule has 0 radical (unpaired) electrons. The van der Waals surface area contributed by atoms with Crippen LogP contribution in [0.4, 0.5) is 4.79 Å². The highest BCUT2D eigenvalue weighted by atomic mass is 16.6. The third kappa shape index (κ3) is 5.35. The molecule has 1 fully saturated rings. The SMILES string of the molecule is CC(C)(C)OC(=O)NC[C@H]1CC[C@@H](C(N)=O)NC1. The molecule has 4 N–H and O–H groups in total. The van der Waals surface area contributed by atoms with Crippen molar-refractivity contribution in [3.63, 3.8) is 0 Å². The lowest BCUT2D eigenvalue weighted by Gasteiger charge is -2.28. The van der Waals surface area contributed by atoms with Gasteiger partial charge in [0.1, 0.15) is 5.60 Å². The Bertz CT molecular complexity index is 304. The minimum Gasteiger partial charge on any atom is -0.444 e. The fourth-order valence-electron chi connectivity index (χ4n) is 1.87. The van der Waals surface area contributed by atoms with Crippen molar-refractivity contribution in [3.8, 4) is 0 Å². The number of nitrogens with one attached hydrogen (secondary N) is 2. The summed E-state index contributed by atoms with van der Waals surface area (Å²) in [4.78, 5) is 22.4. The van der Waals surface area contributed by atoms with E-state index >= 15 is 0 Å². The fraction of sp³-hybridized carbons (Fsp3) is 0.833. The van der Waals surface area contributed by atoms with Crippen LogP contribution in [0.25, 0.3) is 0 Å². The highest BCUT2D eigenvalue weighted by Crippen LogP contribution is 2.13. The van der Waals surface area contributed by atoms with Crippen LogP contribution in [0.1, 0.15) is 33.6 Å². The first-order valence-electron chi connectivity index (χ1n) is 6.27. The summed E-state index contributed by atoms with van der Waals surface area (Å²) < 4.78 is 5.14. The zero-order chi connectivity index (χ0) is 13.8.